The summed E-state index contributed by atoms with van der Waals surface area (Å²) in [5.74, 6) is -0.248. The number of nitrogens with zero attached hydrogens (tertiary/aromatic N) is 4. The van der Waals surface area contributed by atoms with Gasteiger partial charge in [0.05, 0.1) is 21.4 Å². The second kappa shape index (κ2) is 8.45. The Kier molecular flexibility index (Phi) is 6.03. The third-order valence-electron chi connectivity index (χ3n) is 3.95. The molecule has 140 valence electrons. The Labute approximate surface area is 165 Å². The highest BCUT2D eigenvalue weighted by molar-refractivity contribution is 6.42. The van der Waals surface area contributed by atoms with E-state index in [4.69, 9.17) is 23.2 Å². The molecule has 2 aromatic carbocycles. The lowest BCUT2D eigenvalue weighted by Crippen LogP contribution is -2.13. The predicted molar refractivity (Wildman–Crippen MR) is 102 cm³/mol. The third kappa shape index (κ3) is 4.81. The molecule has 1 N–H and O–H groups in total. The van der Waals surface area contributed by atoms with E-state index in [0.29, 0.717) is 34.4 Å². The first-order chi connectivity index (χ1) is 12.9. The van der Waals surface area contributed by atoms with E-state index in [2.05, 4.69) is 20.8 Å². The number of amides is 1. The molecule has 0 unspecified atom stereocenters. The number of hydrogen-bond acceptors (Lipinski definition) is 4. The van der Waals surface area contributed by atoms with Gasteiger partial charge in [0.2, 0.25) is 5.91 Å². The summed E-state index contributed by atoms with van der Waals surface area (Å²) in [5.41, 5.74) is 1.63. The highest BCUT2D eigenvalue weighted by Crippen LogP contribution is 2.23. The molecule has 1 heterocycles. The van der Waals surface area contributed by atoms with Crippen molar-refractivity contribution in [1.29, 1.82) is 0 Å². The number of aromatic nitrogens is 4. The average molecular weight is 408 g/mol. The number of halogens is 3. The van der Waals surface area contributed by atoms with Crippen molar-refractivity contribution in [1.82, 2.24) is 20.2 Å². The van der Waals surface area contributed by atoms with Crippen molar-refractivity contribution in [2.75, 3.05) is 5.32 Å². The molecule has 3 rings (SSSR count). The summed E-state index contributed by atoms with van der Waals surface area (Å²) in [6, 6.07) is 9.67. The summed E-state index contributed by atoms with van der Waals surface area (Å²) >= 11 is 11.9. The van der Waals surface area contributed by atoms with Crippen LogP contribution in [0.1, 0.15) is 24.2 Å². The van der Waals surface area contributed by atoms with Gasteiger partial charge in [-0.25, -0.2) is 4.39 Å². The normalized spacial score (nSPS) is 10.8. The van der Waals surface area contributed by atoms with Crippen LogP contribution in [0.15, 0.2) is 36.4 Å². The third-order valence-corrected chi connectivity index (χ3v) is 4.69. The Morgan fingerprint density at radius 2 is 2.00 bits per heavy atom. The monoisotopic (exact) mass is 407 g/mol. The maximum atomic E-state index is 14.0. The number of benzene rings is 2. The fourth-order valence-electron chi connectivity index (χ4n) is 2.57. The summed E-state index contributed by atoms with van der Waals surface area (Å²) in [6.45, 7) is 1.73. The lowest BCUT2D eigenvalue weighted by atomic mass is 10.1. The van der Waals surface area contributed by atoms with E-state index in [1.54, 1.807) is 25.1 Å². The number of carbonyl (C=O) groups excluding carboxylic acids is 1. The number of carbonyl (C=O) groups is 1. The van der Waals surface area contributed by atoms with E-state index in [-0.39, 0.29) is 18.0 Å². The van der Waals surface area contributed by atoms with Gasteiger partial charge < -0.3 is 5.32 Å². The Bertz CT molecular complexity index is 976. The van der Waals surface area contributed by atoms with Crippen LogP contribution in [0.25, 0.3) is 5.69 Å². The van der Waals surface area contributed by atoms with Crippen molar-refractivity contribution in [3.63, 3.8) is 0 Å². The highest BCUT2D eigenvalue weighted by atomic mass is 35.5. The van der Waals surface area contributed by atoms with Crippen LogP contribution in [0.4, 0.5) is 10.1 Å². The molecular weight excluding hydrogens is 392 g/mol. The number of hydrogen-bond donors (Lipinski definition) is 1. The van der Waals surface area contributed by atoms with Crippen LogP contribution in [-0.4, -0.2) is 26.1 Å². The Balaban J connectivity index is 1.60. The standard InChI is InChI=1S/C18H16Cl2FN5O/c1-11-23-24-25-26(11)13-6-8-16(21)17(10-13)22-18(27)4-2-3-12-5-7-14(19)15(20)9-12/h5-10H,2-4H2,1H3,(H,22,27). The van der Waals surface area contributed by atoms with Gasteiger partial charge in [0.15, 0.2) is 5.82 Å². The molecular formula is C18H16Cl2FN5O. The minimum absolute atomic E-state index is 0.0851. The topological polar surface area (TPSA) is 72.7 Å². The molecule has 0 atom stereocenters. The fourth-order valence-corrected chi connectivity index (χ4v) is 2.89. The molecule has 0 saturated heterocycles. The first kappa shape index (κ1) is 19.3. The lowest BCUT2D eigenvalue weighted by Gasteiger charge is -2.09. The first-order valence-corrected chi connectivity index (χ1v) is 8.98. The summed E-state index contributed by atoms with van der Waals surface area (Å²) in [5, 5.41) is 14.7. The van der Waals surface area contributed by atoms with E-state index in [9.17, 15) is 9.18 Å². The van der Waals surface area contributed by atoms with Gasteiger partial charge in [-0.15, -0.1) is 5.10 Å². The van der Waals surface area contributed by atoms with Crippen molar-refractivity contribution >= 4 is 34.8 Å². The van der Waals surface area contributed by atoms with Crippen LogP contribution < -0.4 is 5.32 Å². The van der Waals surface area contributed by atoms with E-state index in [1.165, 1.54) is 16.8 Å². The van der Waals surface area contributed by atoms with Gasteiger partial charge in [-0.1, -0.05) is 29.3 Å². The molecule has 1 aromatic heterocycles. The minimum atomic E-state index is -0.526. The Morgan fingerprint density at radius 3 is 2.70 bits per heavy atom. The number of rotatable bonds is 6. The van der Waals surface area contributed by atoms with Crippen molar-refractivity contribution < 1.29 is 9.18 Å². The summed E-state index contributed by atoms with van der Waals surface area (Å²) in [6.07, 6.45) is 1.50. The van der Waals surface area contributed by atoms with Gasteiger partial charge in [-0.05, 0) is 66.1 Å². The van der Waals surface area contributed by atoms with Crippen LogP contribution in [0.2, 0.25) is 10.0 Å². The quantitative estimate of drug-likeness (QED) is 0.657. The molecule has 0 bridgehead atoms. The van der Waals surface area contributed by atoms with Gasteiger partial charge in [0.1, 0.15) is 5.82 Å². The van der Waals surface area contributed by atoms with Gasteiger partial charge in [0, 0.05) is 6.42 Å². The number of tetrazole rings is 1. The molecule has 0 saturated carbocycles. The van der Waals surface area contributed by atoms with Crippen molar-refractivity contribution in [2.45, 2.75) is 26.2 Å². The van der Waals surface area contributed by atoms with E-state index in [1.807, 2.05) is 6.07 Å². The molecule has 9 heteroatoms. The molecule has 0 spiro atoms. The first-order valence-electron chi connectivity index (χ1n) is 8.23. The minimum Gasteiger partial charge on any atom is -0.324 e. The van der Waals surface area contributed by atoms with E-state index < -0.39 is 5.82 Å². The molecule has 0 fully saturated rings. The summed E-state index contributed by atoms with van der Waals surface area (Å²) < 4.78 is 15.5. The summed E-state index contributed by atoms with van der Waals surface area (Å²) in [7, 11) is 0. The molecule has 6 nitrogen and oxygen atoms in total. The van der Waals surface area contributed by atoms with Crippen LogP contribution in [0.5, 0.6) is 0 Å². The maximum absolute atomic E-state index is 14.0. The summed E-state index contributed by atoms with van der Waals surface area (Å²) in [4.78, 5) is 12.2. The van der Waals surface area contributed by atoms with Crippen LogP contribution >= 0.6 is 23.2 Å². The van der Waals surface area contributed by atoms with E-state index in [0.717, 1.165) is 5.56 Å². The zero-order chi connectivity index (χ0) is 19.4. The van der Waals surface area contributed by atoms with Crippen LogP contribution in [0.3, 0.4) is 0 Å². The Hall–Kier alpha value is -2.51. The molecule has 1 amide bonds. The second-order valence-electron chi connectivity index (χ2n) is 5.95. The van der Waals surface area contributed by atoms with Crippen molar-refractivity contribution in [2.24, 2.45) is 0 Å². The predicted octanol–water partition coefficient (Wildman–Crippen LogP) is 4.38. The van der Waals surface area contributed by atoms with Crippen LogP contribution in [0, 0.1) is 12.7 Å². The Morgan fingerprint density at radius 1 is 1.19 bits per heavy atom. The van der Waals surface area contributed by atoms with Crippen molar-refractivity contribution in [3.8, 4) is 5.69 Å². The van der Waals surface area contributed by atoms with Gasteiger partial charge in [-0.3, -0.25) is 4.79 Å². The number of aryl methyl sites for hydroxylation is 2. The van der Waals surface area contributed by atoms with E-state index >= 15 is 0 Å². The smallest absolute Gasteiger partial charge is 0.224 e. The molecule has 0 radical (unpaired) electrons. The highest BCUT2D eigenvalue weighted by Gasteiger charge is 2.11. The number of nitrogens with one attached hydrogen (secondary N) is 1. The molecule has 0 aliphatic heterocycles. The maximum Gasteiger partial charge on any atom is 0.224 e. The molecule has 3 aromatic rings. The second-order valence-corrected chi connectivity index (χ2v) is 6.77. The zero-order valence-electron chi connectivity index (χ0n) is 14.4. The molecule has 0 aliphatic carbocycles. The number of anilines is 1. The van der Waals surface area contributed by atoms with Crippen LogP contribution in [-0.2, 0) is 11.2 Å². The largest absolute Gasteiger partial charge is 0.324 e. The molecule has 27 heavy (non-hydrogen) atoms. The lowest BCUT2D eigenvalue weighted by molar-refractivity contribution is -0.116. The van der Waals surface area contributed by atoms with Gasteiger partial charge in [0.25, 0.3) is 0 Å². The van der Waals surface area contributed by atoms with Gasteiger partial charge in [-0.2, -0.15) is 4.68 Å². The van der Waals surface area contributed by atoms with Crippen molar-refractivity contribution in [3.05, 3.63) is 63.6 Å². The zero-order valence-corrected chi connectivity index (χ0v) is 15.9. The fraction of sp³-hybridized carbons (Fsp3) is 0.222. The van der Waals surface area contributed by atoms with Gasteiger partial charge >= 0.3 is 0 Å². The average Bonchev–Trinajstić information content (AvgIpc) is 3.06. The molecule has 0 aliphatic rings. The SMILES string of the molecule is Cc1nnnn1-c1ccc(F)c(NC(=O)CCCc2ccc(Cl)c(Cl)c2)c1.